The fourth-order valence-corrected chi connectivity index (χ4v) is 51.1. The van der Waals surface area contributed by atoms with Gasteiger partial charge in [0.1, 0.15) is 0 Å². The molecule has 0 N–H and O–H groups in total. The van der Waals surface area contributed by atoms with E-state index in [0.717, 1.165) is 0 Å². The summed E-state index contributed by atoms with van der Waals surface area (Å²) in [6, 6.07) is 4.85. The minimum Gasteiger partial charge on any atom is -0.409 e. The van der Waals surface area contributed by atoms with Crippen molar-refractivity contribution in [1.29, 1.82) is 0 Å². The van der Waals surface area contributed by atoms with Crippen LogP contribution in [-0.4, -0.2) is 77.0 Å². The molecule has 0 amide bonds. The molecule has 0 saturated carbocycles. The normalized spacial score (nSPS) is 40.2. The number of hydrogen-bond acceptors (Lipinski definition) is 9. The van der Waals surface area contributed by atoms with Crippen molar-refractivity contribution in [3.05, 3.63) is 111 Å². The van der Waals surface area contributed by atoms with Crippen molar-refractivity contribution in [3.63, 3.8) is 0 Å². The lowest BCUT2D eigenvalue weighted by Gasteiger charge is -2.49. The molecule has 1 aliphatic rings. The van der Waals surface area contributed by atoms with E-state index in [0.29, 0.717) is 54.4 Å². The maximum Gasteiger partial charge on any atom is 0.347 e. The summed E-state index contributed by atoms with van der Waals surface area (Å²) in [7, 11) is -30.0. The molecule has 0 bridgehead atoms. The molecule has 1 aliphatic heterocycles. The van der Waals surface area contributed by atoms with E-state index in [-0.39, 0.29) is 0 Å². The molecule has 306 valence electrons. The van der Waals surface area contributed by atoms with Crippen molar-refractivity contribution >= 4 is 77.0 Å². The Morgan fingerprint density at radius 1 is 0.222 bits per heavy atom. The summed E-state index contributed by atoms with van der Waals surface area (Å²) in [6.07, 6.45) is 0. The minimum absolute atomic E-state index is 0.539. The molecule has 1 rings (SSSR count). The van der Waals surface area contributed by atoms with Crippen LogP contribution < -0.4 is 0 Å². The van der Waals surface area contributed by atoms with Crippen LogP contribution in [0.5, 0.6) is 0 Å². The van der Waals surface area contributed by atoms with Gasteiger partial charge >= 0.3 is 77.0 Å². The van der Waals surface area contributed by atoms with Crippen LogP contribution in [0, 0.1) is 0 Å². The Bertz CT molecular complexity index is 1010. The minimum atomic E-state index is -3.33. The summed E-state index contributed by atoms with van der Waals surface area (Å²) in [4.78, 5) is 0. The second-order valence-corrected chi connectivity index (χ2v) is 45.2. The lowest BCUT2D eigenvalue weighted by molar-refractivity contribution is 0.240. The molecule has 0 aliphatic carbocycles. The zero-order valence-electron chi connectivity index (χ0n) is 35.1. The maximum absolute atomic E-state index is 7.32. The summed E-state index contributed by atoms with van der Waals surface area (Å²) < 4.78 is 65.9. The molecule has 0 radical (unpaired) electrons. The Balaban J connectivity index is 4.56. The Morgan fingerprint density at radius 3 is 0.333 bits per heavy atom. The molecule has 0 unspecified atom stereocenters. The number of hydrogen-bond donors (Lipinski definition) is 0. The van der Waals surface area contributed by atoms with Crippen molar-refractivity contribution in [2.45, 2.75) is 117 Å². The Hall–Kier alpha value is -0.748. The monoisotopic (exact) mass is 900 g/mol. The van der Waals surface area contributed by atoms with Crippen molar-refractivity contribution in [1.82, 2.24) is 0 Å². The summed E-state index contributed by atoms with van der Waals surface area (Å²) in [5, 5.41) is 0. The van der Waals surface area contributed by atoms with Gasteiger partial charge in [0.05, 0.1) is 0 Å². The summed E-state index contributed by atoms with van der Waals surface area (Å²) >= 11 is 0. The maximum atomic E-state index is 7.32. The highest BCUT2D eigenvalue weighted by atomic mass is 28.5. The third kappa shape index (κ3) is 11.3. The van der Waals surface area contributed by atoms with E-state index >= 15 is 0 Å². The lowest BCUT2D eigenvalue weighted by atomic mass is 11.0. The molecule has 1 heterocycles. The first-order chi connectivity index (χ1) is 25.5. The average molecular weight is 902 g/mol. The van der Waals surface area contributed by atoms with E-state index in [1.54, 1.807) is 0 Å². The van der Waals surface area contributed by atoms with Crippen molar-refractivity contribution in [2.24, 2.45) is 0 Å². The fourth-order valence-electron chi connectivity index (χ4n) is 6.17. The van der Waals surface area contributed by atoms with E-state index in [2.05, 4.69) is 59.2 Å². The zero-order valence-corrected chi connectivity index (χ0v) is 44.1. The Kier molecular flexibility index (Phi) is 20.2. The van der Waals surface area contributed by atoms with Crippen LogP contribution in [-0.2, 0) is 37.0 Å². The highest BCUT2D eigenvalue weighted by molar-refractivity contribution is 7.01. The van der Waals surface area contributed by atoms with Gasteiger partial charge < -0.3 is 37.0 Å². The van der Waals surface area contributed by atoms with Gasteiger partial charge in [0.2, 0.25) is 0 Å². The Morgan fingerprint density at radius 2 is 0.296 bits per heavy atom. The van der Waals surface area contributed by atoms with E-state index in [4.69, 9.17) is 37.0 Å². The van der Waals surface area contributed by atoms with Crippen LogP contribution in [0.25, 0.3) is 0 Å². The van der Waals surface area contributed by atoms with Crippen molar-refractivity contribution in [3.8, 4) is 0 Å². The molecular formula is C36H72O9Si9. The quantitative estimate of drug-likeness (QED) is 0.125. The van der Waals surface area contributed by atoms with Gasteiger partial charge in [-0.3, -0.25) is 0 Å². The van der Waals surface area contributed by atoms with Gasteiger partial charge in [0.25, 0.3) is 0 Å². The fraction of sp³-hybridized carbons (Fsp3) is 0.500. The standard InChI is InChI=1S/C36H72O9Si9/c1-19-46(20-2)37-47(21-3,22-4)39-49(25-7,26-8)41-51(29-11,30-12)43-53(33-15,34-16)45-54(35-17,36-18)44-52(31-13,32-14)42-50(27-9,28-10)40-48(23-5,24-6)38-46/h19,21,23,25,27,29,31,33,35H,1,3,5,7,9,11,13,15,17,20,22,24,26,28,30,32,34,36H2,2,4,6,8,10,12,14,16,18H3. The topological polar surface area (TPSA) is 83.1 Å². The summed E-state index contributed by atoms with van der Waals surface area (Å²) in [6.45, 7) is 57.1. The lowest BCUT2D eigenvalue weighted by Crippen LogP contribution is -2.68. The highest BCUT2D eigenvalue weighted by Gasteiger charge is 2.60. The van der Waals surface area contributed by atoms with Crippen LogP contribution in [0.2, 0.25) is 54.4 Å². The highest BCUT2D eigenvalue weighted by Crippen LogP contribution is 2.40. The SMILES string of the molecule is C=C[Si]1(CC)O[Si](C=C)(CC)O[Si](C=C)(CC)O[Si](C=C)(CC)O[Si](C=C)(CC)O[Si](C=C)(CC)O[Si](C=C)(CC)O[Si](C=C)(CC)O[Si](C=C)(CC)O1. The van der Waals surface area contributed by atoms with Gasteiger partial charge in [-0.05, 0) is 54.4 Å². The van der Waals surface area contributed by atoms with Gasteiger partial charge in [0.15, 0.2) is 0 Å². The molecule has 0 aromatic carbocycles. The number of rotatable bonds is 18. The van der Waals surface area contributed by atoms with Crippen LogP contribution >= 0.6 is 0 Å². The second-order valence-electron chi connectivity index (χ2n) is 13.2. The second kappa shape index (κ2) is 21.3. The van der Waals surface area contributed by atoms with Gasteiger partial charge in [-0.25, -0.2) is 0 Å². The molecule has 0 atom stereocenters. The molecule has 1 saturated heterocycles. The predicted molar refractivity (Wildman–Crippen MR) is 248 cm³/mol. The molecular weight excluding hydrogens is 829 g/mol. The van der Waals surface area contributed by atoms with E-state index in [9.17, 15) is 0 Å². The Labute approximate surface area is 339 Å². The molecule has 0 aromatic heterocycles. The van der Waals surface area contributed by atoms with Gasteiger partial charge in [0, 0.05) is 0 Å². The average Bonchev–Trinajstić information content (AvgIpc) is 3.23. The zero-order chi connectivity index (χ0) is 41.6. The van der Waals surface area contributed by atoms with E-state index in [1.807, 2.05) is 114 Å². The first-order valence-electron chi connectivity index (χ1n) is 19.5. The van der Waals surface area contributed by atoms with Gasteiger partial charge in [-0.2, -0.15) is 0 Å². The third-order valence-electron chi connectivity index (χ3n) is 10.3. The smallest absolute Gasteiger partial charge is 0.347 e. The molecule has 18 heteroatoms. The van der Waals surface area contributed by atoms with Crippen LogP contribution in [0.15, 0.2) is 111 Å². The van der Waals surface area contributed by atoms with Crippen LogP contribution in [0.3, 0.4) is 0 Å². The first kappa shape index (κ1) is 51.3. The summed E-state index contributed by atoms with van der Waals surface area (Å²) in [5.41, 5.74) is 16.5. The van der Waals surface area contributed by atoms with Gasteiger partial charge in [-0.1, -0.05) is 114 Å². The van der Waals surface area contributed by atoms with E-state index < -0.39 is 77.0 Å². The third-order valence-corrected chi connectivity index (χ3v) is 49.7. The summed E-state index contributed by atoms with van der Waals surface area (Å²) in [5.74, 6) is 0. The molecule has 0 aromatic rings. The predicted octanol–water partition coefficient (Wildman–Crippen LogP) is 10.8. The van der Waals surface area contributed by atoms with E-state index in [1.165, 1.54) is 0 Å². The van der Waals surface area contributed by atoms with Crippen LogP contribution in [0.1, 0.15) is 62.3 Å². The first-order valence-corrected chi connectivity index (χ1v) is 38.4. The molecule has 9 nitrogen and oxygen atoms in total. The molecule has 54 heavy (non-hydrogen) atoms. The van der Waals surface area contributed by atoms with Crippen LogP contribution in [0.4, 0.5) is 0 Å². The molecule has 0 spiro atoms. The van der Waals surface area contributed by atoms with Crippen molar-refractivity contribution < 1.29 is 37.0 Å². The molecule has 1 fully saturated rings. The largest absolute Gasteiger partial charge is 0.409 e. The van der Waals surface area contributed by atoms with Crippen molar-refractivity contribution in [2.75, 3.05) is 0 Å². The van der Waals surface area contributed by atoms with Gasteiger partial charge in [-0.15, -0.1) is 59.2 Å².